The van der Waals surface area contributed by atoms with Gasteiger partial charge in [0.2, 0.25) is 21.9 Å². The Labute approximate surface area is 281 Å². The number of halogens is 1. The molecule has 1 fully saturated rings. The summed E-state index contributed by atoms with van der Waals surface area (Å²) in [4.78, 5) is 28.0. The third kappa shape index (κ3) is 8.68. The molecule has 3 heterocycles. The SMILES string of the molecule is Cc1ccc2c(NS(=O)(=O)CC(C)(C)C)c(F)ccc2c1Oc1ncccc1-c1ccnc(N[C@H]2CCCN(C(=O)OC(C)(C)C)C2)n1. The predicted octanol–water partition coefficient (Wildman–Crippen LogP) is 7.53. The fourth-order valence-electron chi connectivity index (χ4n) is 5.57. The van der Waals surface area contributed by atoms with Crippen LogP contribution in [0.4, 0.5) is 20.8 Å². The van der Waals surface area contributed by atoms with Crippen LogP contribution < -0.4 is 14.8 Å². The van der Waals surface area contributed by atoms with Crippen molar-refractivity contribution in [1.82, 2.24) is 19.9 Å². The van der Waals surface area contributed by atoms with Crippen molar-refractivity contribution in [3.63, 3.8) is 0 Å². The lowest BCUT2D eigenvalue weighted by atomic mass is 10.0. The molecule has 13 heteroatoms. The molecule has 1 aliphatic heterocycles. The number of sulfonamides is 1. The number of benzene rings is 2. The quantitative estimate of drug-likeness (QED) is 0.194. The van der Waals surface area contributed by atoms with Gasteiger partial charge in [0.15, 0.2) is 0 Å². The molecule has 4 aromatic rings. The van der Waals surface area contributed by atoms with E-state index in [4.69, 9.17) is 14.5 Å². The van der Waals surface area contributed by atoms with Gasteiger partial charge < -0.3 is 19.7 Å². The Morgan fingerprint density at radius 1 is 1.02 bits per heavy atom. The second-order valence-electron chi connectivity index (χ2n) is 14.3. The van der Waals surface area contributed by atoms with Gasteiger partial charge in [-0.05, 0) is 81.8 Å². The summed E-state index contributed by atoms with van der Waals surface area (Å²) in [7, 11) is -3.85. The lowest BCUT2D eigenvalue weighted by molar-refractivity contribution is 0.0206. The summed E-state index contributed by atoms with van der Waals surface area (Å²) >= 11 is 0. The number of amides is 1. The summed E-state index contributed by atoms with van der Waals surface area (Å²) in [6.45, 7) is 13.9. The molecule has 1 saturated heterocycles. The molecule has 11 nitrogen and oxygen atoms in total. The zero-order valence-corrected chi connectivity index (χ0v) is 29.2. The van der Waals surface area contributed by atoms with Crippen LogP contribution >= 0.6 is 0 Å². The summed E-state index contributed by atoms with van der Waals surface area (Å²) in [5, 5.41) is 4.23. The molecule has 2 N–H and O–H groups in total. The van der Waals surface area contributed by atoms with Gasteiger partial charge in [-0.15, -0.1) is 0 Å². The second kappa shape index (κ2) is 13.5. The Bertz CT molecular complexity index is 1920. The summed E-state index contributed by atoms with van der Waals surface area (Å²) in [5.41, 5.74) is 0.640. The number of rotatable bonds is 8. The minimum Gasteiger partial charge on any atom is -0.444 e. The zero-order chi connectivity index (χ0) is 34.9. The van der Waals surface area contributed by atoms with E-state index in [0.29, 0.717) is 46.8 Å². The van der Waals surface area contributed by atoms with Crippen LogP contribution in [0.3, 0.4) is 0 Å². The van der Waals surface area contributed by atoms with Gasteiger partial charge in [-0.1, -0.05) is 32.9 Å². The van der Waals surface area contributed by atoms with Crippen LogP contribution in [-0.2, 0) is 14.8 Å². The van der Waals surface area contributed by atoms with E-state index in [1.807, 2.05) is 33.8 Å². The van der Waals surface area contributed by atoms with Crippen molar-refractivity contribution in [2.45, 2.75) is 73.0 Å². The molecule has 1 amide bonds. The average Bonchev–Trinajstić information content (AvgIpc) is 2.98. The van der Waals surface area contributed by atoms with E-state index in [1.54, 1.807) is 68.4 Å². The number of aryl methyl sites for hydroxylation is 1. The molecule has 0 aliphatic carbocycles. The Morgan fingerprint density at radius 2 is 1.77 bits per heavy atom. The topological polar surface area (TPSA) is 136 Å². The van der Waals surface area contributed by atoms with Crippen LogP contribution in [-0.4, -0.2) is 64.8 Å². The maximum Gasteiger partial charge on any atom is 0.410 e. The minimum atomic E-state index is -3.85. The van der Waals surface area contributed by atoms with Crippen LogP contribution in [0, 0.1) is 18.2 Å². The fourth-order valence-corrected chi connectivity index (χ4v) is 7.30. The maximum absolute atomic E-state index is 15.1. The largest absolute Gasteiger partial charge is 0.444 e. The van der Waals surface area contributed by atoms with Gasteiger partial charge in [0.1, 0.15) is 17.2 Å². The van der Waals surface area contributed by atoms with Gasteiger partial charge in [-0.25, -0.2) is 32.6 Å². The van der Waals surface area contributed by atoms with Crippen molar-refractivity contribution in [2.24, 2.45) is 5.41 Å². The number of pyridine rings is 1. The molecule has 1 atom stereocenters. The van der Waals surface area contributed by atoms with E-state index in [9.17, 15) is 13.2 Å². The van der Waals surface area contributed by atoms with E-state index >= 15 is 4.39 Å². The first-order valence-corrected chi connectivity index (χ1v) is 17.6. The number of likely N-dealkylation sites (tertiary alicyclic amines) is 1. The molecule has 0 saturated carbocycles. The van der Waals surface area contributed by atoms with E-state index in [2.05, 4.69) is 20.0 Å². The van der Waals surface area contributed by atoms with Crippen LogP contribution in [0.2, 0.25) is 0 Å². The normalized spacial score (nSPS) is 15.7. The van der Waals surface area contributed by atoms with Crippen LogP contribution in [0.25, 0.3) is 22.0 Å². The summed E-state index contributed by atoms with van der Waals surface area (Å²) in [6, 6.07) is 11.5. The molecule has 0 unspecified atom stereocenters. The van der Waals surface area contributed by atoms with Crippen molar-refractivity contribution in [2.75, 3.05) is 28.9 Å². The highest BCUT2D eigenvalue weighted by Crippen LogP contribution is 2.40. The van der Waals surface area contributed by atoms with Crippen LogP contribution in [0.5, 0.6) is 11.6 Å². The van der Waals surface area contributed by atoms with E-state index in [-0.39, 0.29) is 29.5 Å². The highest BCUT2D eigenvalue weighted by molar-refractivity contribution is 7.92. The Morgan fingerprint density at radius 3 is 2.50 bits per heavy atom. The maximum atomic E-state index is 15.1. The molecule has 256 valence electrons. The number of ether oxygens (including phenoxy) is 2. The molecule has 1 aliphatic rings. The van der Waals surface area contributed by atoms with Crippen LogP contribution in [0.1, 0.15) is 59.9 Å². The number of nitrogens with zero attached hydrogens (tertiary/aromatic N) is 4. The number of piperidine rings is 1. The van der Waals surface area contributed by atoms with Crippen molar-refractivity contribution >= 4 is 38.5 Å². The molecule has 2 aromatic heterocycles. The van der Waals surface area contributed by atoms with Gasteiger partial charge in [0.05, 0.1) is 22.7 Å². The number of carbonyl (C=O) groups excluding carboxylic acids is 1. The molecule has 0 bridgehead atoms. The number of anilines is 2. The smallest absolute Gasteiger partial charge is 0.410 e. The van der Waals surface area contributed by atoms with Gasteiger partial charge >= 0.3 is 6.09 Å². The Kier molecular flexibility index (Phi) is 9.82. The molecule has 5 rings (SSSR count). The molecule has 0 radical (unpaired) electrons. The molecule has 48 heavy (non-hydrogen) atoms. The number of nitrogens with one attached hydrogen (secondary N) is 2. The van der Waals surface area contributed by atoms with E-state index < -0.39 is 26.9 Å². The number of hydrogen-bond donors (Lipinski definition) is 2. The third-order valence-corrected chi connectivity index (χ3v) is 9.25. The standard InChI is InChI=1S/C35H43FN6O5S/c1-22-12-13-24-25(14-15-27(36)29(24)41-48(44,45)21-34(2,3)4)30(22)46-31-26(11-8-17-37-31)28-16-18-38-32(40-28)39-23-10-9-19-42(20-23)33(43)47-35(5,6)7/h8,11-18,23,41H,9-10,19-21H2,1-7H3,(H,38,39,40)/t23-/m0/s1. The first kappa shape index (κ1) is 34.8. The fraction of sp³-hybridized carbons (Fsp3) is 0.429. The van der Waals surface area contributed by atoms with Gasteiger partial charge in [0, 0.05) is 42.3 Å². The van der Waals surface area contributed by atoms with Crippen molar-refractivity contribution in [3.8, 4) is 22.9 Å². The number of fused-ring (bicyclic) bond motifs is 1. The predicted molar refractivity (Wildman–Crippen MR) is 185 cm³/mol. The van der Waals surface area contributed by atoms with Crippen molar-refractivity contribution in [1.29, 1.82) is 0 Å². The van der Waals surface area contributed by atoms with E-state index in [1.165, 1.54) is 6.07 Å². The summed E-state index contributed by atoms with van der Waals surface area (Å²) in [5.74, 6) is 0.177. The molecule has 2 aromatic carbocycles. The Balaban J connectivity index is 1.42. The molecular formula is C35H43FN6O5S. The lowest BCUT2D eigenvalue weighted by Crippen LogP contribution is -2.47. The third-order valence-electron chi connectivity index (χ3n) is 7.49. The van der Waals surface area contributed by atoms with Gasteiger partial charge in [-0.3, -0.25) is 4.72 Å². The minimum absolute atomic E-state index is 0.0696. The Hall–Kier alpha value is -4.52. The van der Waals surface area contributed by atoms with Gasteiger partial charge in [0.25, 0.3) is 0 Å². The van der Waals surface area contributed by atoms with Crippen molar-refractivity contribution < 1.29 is 27.1 Å². The highest BCUT2D eigenvalue weighted by atomic mass is 32.2. The highest BCUT2D eigenvalue weighted by Gasteiger charge is 2.28. The van der Waals surface area contributed by atoms with E-state index in [0.717, 1.165) is 18.4 Å². The zero-order valence-electron chi connectivity index (χ0n) is 28.4. The van der Waals surface area contributed by atoms with Gasteiger partial charge in [-0.2, -0.15) is 0 Å². The summed E-state index contributed by atoms with van der Waals surface area (Å²) in [6.07, 6.45) is 4.53. The number of hydrogen-bond acceptors (Lipinski definition) is 9. The molecule has 0 spiro atoms. The average molecular weight is 679 g/mol. The monoisotopic (exact) mass is 678 g/mol. The van der Waals surface area contributed by atoms with Crippen molar-refractivity contribution in [3.05, 3.63) is 66.2 Å². The second-order valence-corrected chi connectivity index (χ2v) is 16.0. The number of aromatic nitrogens is 3. The summed E-state index contributed by atoms with van der Waals surface area (Å²) < 4.78 is 55.5. The first-order chi connectivity index (χ1) is 22.5. The molecular weight excluding hydrogens is 635 g/mol. The number of carbonyl (C=O) groups is 1. The lowest BCUT2D eigenvalue weighted by Gasteiger charge is -2.34. The first-order valence-electron chi connectivity index (χ1n) is 15.9. The van der Waals surface area contributed by atoms with Crippen LogP contribution in [0.15, 0.2) is 54.9 Å².